The summed E-state index contributed by atoms with van der Waals surface area (Å²) in [5.41, 5.74) is 5.85. The average molecular weight is 295 g/mol. The van der Waals surface area contributed by atoms with Gasteiger partial charge in [-0.1, -0.05) is 18.5 Å². The lowest BCUT2D eigenvalue weighted by atomic mass is 9.92. The number of thiophene rings is 1. The predicted octanol–water partition coefficient (Wildman–Crippen LogP) is 3.38. The van der Waals surface area contributed by atoms with Crippen molar-refractivity contribution in [2.75, 3.05) is 13.1 Å². The van der Waals surface area contributed by atoms with Crippen molar-refractivity contribution in [3.8, 4) is 0 Å². The Kier molecular flexibility index (Phi) is 6.24. The van der Waals surface area contributed by atoms with E-state index in [2.05, 4.69) is 17.9 Å². The van der Waals surface area contributed by atoms with Crippen LogP contribution in [-0.4, -0.2) is 24.0 Å². The number of nitrogens with two attached hydrogens (primary N) is 1. The number of hydrogen-bond donors (Lipinski definition) is 1. The van der Waals surface area contributed by atoms with Gasteiger partial charge in [0.25, 0.3) is 0 Å². The van der Waals surface area contributed by atoms with E-state index in [-0.39, 0.29) is 12.4 Å². The fraction of sp³-hybridized carbons (Fsp3) is 0.667. The van der Waals surface area contributed by atoms with Crippen LogP contribution in [0.3, 0.4) is 0 Å². The number of hydrogen-bond acceptors (Lipinski definition) is 3. The van der Waals surface area contributed by atoms with Gasteiger partial charge in [0.2, 0.25) is 0 Å². The largest absolute Gasteiger partial charge is 0.329 e. The summed E-state index contributed by atoms with van der Waals surface area (Å²) in [6, 6.07) is 4.65. The molecule has 2 rings (SSSR count). The number of piperidine rings is 1. The normalized spacial score (nSPS) is 25.6. The molecule has 98 valence electrons. The van der Waals surface area contributed by atoms with Gasteiger partial charge in [-0.2, -0.15) is 0 Å². The van der Waals surface area contributed by atoms with Crippen molar-refractivity contribution >= 4 is 35.3 Å². The second-order valence-corrected chi connectivity index (χ2v) is 6.50. The molecule has 0 spiro atoms. The molecule has 0 saturated carbocycles. The van der Waals surface area contributed by atoms with Crippen molar-refractivity contribution < 1.29 is 0 Å². The maximum Gasteiger partial charge on any atom is 0.0931 e. The predicted molar refractivity (Wildman–Crippen MR) is 78.2 cm³/mol. The highest BCUT2D eigenvalue weighted by Crippen LogP contribution is 2.27. The van der Waals surface area contributed by atoms with Crippen LogP contribution in [0.2, 0.25) is 4.34 Å². The third-order valence-corrected chi connectivity index (χ3v) is 4.58. The van der Waals surface area contributed by atoms with Gasteiger partial charge in [0.1, 0.15) is 0 Å². The summed E-state index contributed by atoms with van der Waals surface area (Å²) in [5, 5.41) is 0. The molecular formula is C12H20Cl2N2S. The molecule has 1 saturated heterocycles. The van der Waals surface area contributed by atoms with Crippen LogP contribution >= 0.6 is 35.3 Å². The Hall–Kier alpha value is 0.200. The molecule has 5 heteroatoms. The summed E-state index contributed by atoms with van der Waals surface area (Å²) in [4.78, 5) is 3.85. The minimum Gasteiger partial charge on any atom is -0.329 e. The van der Waals surface area contributed by atoms with Crippen LogP contribution in [0, 0.1) is 5.92 Å². The first kappa shape index (κ1) is 15.3. The van der Waals surface area contributed by atoms with Gasteiger partial charge in [-0.3, -0.25) is 4.90 Å². The first-order valence-corrected chi connectivity index (χ1v) is 7.07. The Morgan fingerprint density at radius 1 is 1.53 bits per heavy atom. The van der Waals surface area contributed by atoms with E-state index in [0.717, 1.165) is 23.3 Å². The van der Waals surface area contributed by atoms with E-state index in [1.807, 2.05) is 6.07 Å². The van der Waals surface area contributed by atoms with Crippen molar-refractivity contribution in [2.45, 2.75) is 32.4 Å². The van der Waals surface area contributed by atoms with Gasteiger partial charge in [0.15, 0.2) is 0 Å². The molecule has 1 aliphatic rings. The number of halogens is 2. The number of nitrogens with zero attached hydrogens (tertiary/aromatic N) is 1. The van der Waals surface area contributed by atoms with E-state index >= 15 is 0 Å². The summed E-state index contributed by atoms with van der Waals surface area (Å²) in [6.45, 7) is 5.26. The molecule has 0 aliphatic carbocycles. The molecule has 0 amide bonds. The minimum atomic E-state index is 0. The molecule has 2 N–H and O–H groups in total. The minimum absolute atomic E-state index is 0. The molecule has 2 unspecified atom stereocenters. The molecule has 2 atom stereocenters. The van der Waals surface area contributed by atoms with Crippen molar-refractivity contribution in [1.82, 2.24) is 4.90 Å². The molecule has 1 aromatic heterocycles. The van der Waals surface area contributed by atoms with E-state index in [1.54, 1.807) is 11.3 Å². The molecule has 0 radical (unpaired) electrons. The third kappa shape index (κ3) is 4.11. The number of likely N-dealkylation sites (tertiary alicyclic amines) is 1. The summed E-state index contributed by atoms with van der Waals surface area (Å²) in [6.07, 6.45) is 2.52. The van der Waals surface area contributed by atoms with Crippen LogP contribution in [0.4, 0.5) is 0 Å². The fourth-order valence-electron chi connectivity index (χ4n) is 2.39. The van der Waals surface area contributed by atoms with Gasteiger partial charge in [0, 0.05) is 24.0 Å². The Balaban J connectivity index is 0.00000144. The van der Waals surface area contributed by atoms with Gasteiger partial charge >= 0.3 is 0 Å². The summed E-state index contributed by atoms with van der Waals surface area (Å²) >= 11 is 7.62. The monoisotopic (exact) mass is 294 g/mol. The van der Waals surface area contributed by atoms with Crippen LogP contribution in [0.25, 0.3) is 0 Å². The van der Waals surface area contributed by atoms with E-state index in [1.165, 1.54) is 24.3 Å². The van der Waals surface area contributed by atoms with Gasteiger partial charge in [-0.25, -0.2) is 0 Å². The maximum absolute atomic E-state index is 5.95. The highest BCUT2D eigenvalue weighted by atomic mass is 35.5. The van der Waals surface area contributed by atoms with Gasteiger partial charge < -0.3 is 5.73 Å². The van der Waals surface area contributed by atoms with Crippen molar-refractivity contribution in [1.29, 1.82) is 0 Å². The van der Waals surface area contributed by atoms with Crippen LogP contribution in [0.1, 0.15) is 24.6 Å². The Labute approximate surface area is 119 Å². The number of rotatable bonds is 3. The zero-order valence-electron chi connectivity index (χ0n) is 10.1. The van der Waals surface area contributed by atoms with E-state index in [0.29, 0.717) is 6.04 Å². The lowest BCUT2D eigenvalue weighted by molar-refractivity contribution is 0.116. The molecule has 0 bridgehead atoms. The van der Waals surface area contributed by atoms with Crippen LogP contribution in [0.5, 0.6) is 0 Å². The second-order valence-electron chi connectivity index (χ2n) is 4.70. The average Bonchev–Trinajstić information content (AvgIpc) is 2.67. The molecule has 0 aromatic carbocycles. The molecular weight excluding hydrogens is 275 g/mol. The summed E-state index contributed by atoms with van der Waals surface area (Å²) in [5.74, 6) is 0.816. The van der Waals surface area contributed by atoms with E-state index in [9.17, 15) is 0 Å². The fourth-order valence-corrected chi connectivity index (χ4v) is 3.50. The molecule has 1 aliphatic heterocycles. The van der Waals surface area contributed by atoms with Gasteiger partial charge in [-0.15, -0.1) is 23.7 Å². The Morgan fingerprint density at radius 3 is 2.88 bits per heavy atom. The summed E-state index contributed by atoms with van der Waals surface area (Å²) < 4.78 is 0.879. The quantitative estimate of drug-likeness (QED) is 0.926. The lowest BCUT2D eigenvalue weighted by Crippen LogP contribution is -2.45. The topological polar surface area (TPSA) is 29.3 Å². The Bertz CT molecular complexity index is 343. The first-order chi connectivity index (χ1) is 7.69. The molecule has 17 heavy (non-hydrogen) atoms. The molecule has 1 aromatic rings. The zero-order chi connectivity index (χ0) is 11.5. The second kappa shape index (κ2) is 6.95. The van der Waals surface area contributed by atoms with Crippen LogP contribution < -0.4 is 5.73 Å². The highest BCUT2D eigenvalue weighted by Gasteiger charge is 2.25. The van der Waals surface area contributed by atoms with Crippen LogP contribution in [0.15, 0.2) is 12.1 Å². The van der Waals surface area contributed by atoms with Gasteiger partial charge in [-0.05, 0) is 37.4 Å². The van der Waals surface area contributed by atoms with E-state index < -0.39 is 0 Å². The SMILES string of the molecule is CC1CCN(Cc2ccc(Cl)s2)C(CN)C1.Cl. The third-order valence-electron chi connectivity index (χ3n) is 3.36. The van der Waals surface area contributed by atoms with E-state index in [4.69, 9.17) is 17.3 Å². The first-order valence-electron chi connectivity index (χ1n) is 5.87. The van der Waals surface area contributed by atoms with Gasteiger partial charge in [0.05, 0.1) is 4.34 Å². The molecule has 2 heterocycles. The van der Waals surface area contributed by atoms with Crippen LogP contribution in [-0.2, 0) is 6.54 Å². The molecule has 1 fully saturated rings. The smallest absolute Gasteiger partial charge is 0.0931 e. The standard InChI is InChI=1S/C12H19ClN2S.ClH/c1-9-4-5-15(10(6-9)7-14)8-11-2-3-12(13)16-11;/h2-3,9-10H,4-8,14H2,1H3;1H. The van der Waals surface area contributed by atoms with Crippen molar-refractivity contribution in [2.24, 2.45) is 11.7 Å². The Morgan fingerprint density at radius 2 is 2.29 bits per heavy atom. The highest BCUT2D eigenvalue weighted by molar-refractivity contribution is 7.16. The summed E-state index contributed by atoms with van der Waals surface area (Å²) in [7, 11) is 0. The lowest BCUT2D eigenvalue weighted by Gasteiger charge is -2.37. The maximum atomic E-state index is 5.95. The zero-order valence-corrected chi connectivity index (χ0v) is 12.5. The molecule has 2 nitrogen and oxygen atoms in total. The van der Waals surface area contributed by atoms with Crippen molar-refractivity contribution in [3.05, 3.63) is 21.3 Å². The van der Waals surface area contributed by atoms with Crippen molar-refractivity contribution in [3.63, 3.8) is 0 Å².